The van der Waals surface area contributed by atoms with Crippen LogP contribution in [0, 0.1) is 5.82 Å². The second kappa shape index (κ2) is 6.34. The molecule has 3 aromatic rings. The van der Waals surface area contributed by atoms with E-state index in [1.165, 1.54) is 19.2 Å². The summed E-state index contributed by atoms with van der Waals surface area (Å²) >= 11 is 0. The lowest BCUT2D eigenvalue weighted by atomic mass is 10.1. The monoisotopic (exact) mass is 337 g/mol. The van der Waals surface area contributed by atoms with Gasteiger partial charge in [-0.1, -0.05) is 6.07 Å². The number of alkyl halides is 2. The van der Waals surface area contributed by atoms with E-state index < -0.39 is 18.1 Å². The Hall–Kier alpha value is -2.84. The van der Waals surface area contributed by atoms with Gasteiger partial charge in [0.25, 0.3) is 6.43 Å². The number of benzene rings is 1. The first-order chi connectivity index (χ1) is 11.5. The summed E-state index contributed by atoms with van der Waals surface area (Å²) in [6, 6.07) is 7.36. The van der Waals surface area contributed by atoms with Gasteiger partial charge in [0.2, 0.25) is 5.82 Å². The minimum atomic E-state index is -2.78. The Kier molecular flexibility index (Phi) is 4.24. The summed E-state index contributed by atoms with van der Waals surface area (Å²) in [5.74, 6) is -0.493. The quantitative estimate of drug-likeness (QED) is 0.773. The fourth-order valence-corrected chi connectivity index (χ4v) is 2.27. The maximum atomic E-state index is 13.5. The Morgan fingerprint density at radius 2 is 1.96 bits per heavy atom. The van der Waals surface area contributed by atoms with Gasteiger partial charge in [0.05, 0.1) is 13.2 Å². The number of ether oxygens (including phenoxy) is 1. The summed E-state index contributed by atoms with van der Waals surface area (Å²) in [6.07, 6.45) is -2.78. The lowest BCUT2D eigenvalue weighted by Gasteiger charge is -2.16. The van der Waals surface area contributed by atoms with Gasteiger partial charge in [-0.2, -0.15) is 4.52 Å². The molecule has 0 unspecified atom stereocenters. The molecule has 3 rings (SSSR count). The highest BCUT2D eigenvalue weighted by atomic mass is 19.3. The number of anilines is 1. The molecule has 0 fully saturated rings. The van der Waals surface area contributed by atoms with Crippen LogP contribution < -0.4 is 10.1 Å². The van der Waals surface area contributed by atoms with Crippen LogP contribution in [0.25, 0.3) is 5.65 Å². The standard InChI is InChI=1S/C15H14F3N5O/c1-8(9-3-4-10(16)11(7-9)24-2)19-12-5-6-13-20-21-15(14(17)18)23(13)22-12/h3-8,14H,1-2H3,(H,19,22)/t8-/m1/s1. The zero-order valence-corrected chi connectivity index (χ0v) is 12.9. The van der Waals surface area contributed by atoms with Gasteiger partial charge in [-0.3, -0.25) is 0 Å². The van der Waals surface area contributed by atoms with E-state index >= 15 is 0 Å². The predicted octanol–water partition coefficient (Wildman–Crippen LogP) is 3.38. The fourth-order valence-electron chi connectivity index (χ4n) is 2.27. The molecule has 1 N–H and O–H groups in total. The first kappa shape index (κ1) is 16.0. The number of methoxy groups -OCH3 is 1. The van der Waals surface area contributed by atoms with E-state index in [1.54, 1.807) is 18.2 Å². The molecule has 0 amide bonds. The second-order valence-corrected chi connectivity index (χ2v) is 5.11. The number of aromatic nitrogens is 4. The normalized spacial score (nSPS) is 12.6. The van der Waals surface area contributed by atoms with Gasteiger partial charge in [-0.25, -0.2) is 13.2 Å². The summed E-state index contributed by atoms with van der Waals surface area (Å²) in [6.45, 7) is 1.83. The molecule has 0 spiro atoms. The van der Waals surface area contributed by atoms with Crippen LogP contribution in [0.3, 0.4) is 0 Å². The zero-order valence-electron chi connectivity index (χ0n) is 12.9. The molecule has 24 heavy (non-hydrogen) atoms. The topological polar surface area (TPSA) is 64.3 Å². The Bertz CT molecular complexity index is 867. The third kappa shape index (κ3) is 2.97. The maximum Gasteiger partial charge on any atom is 0.299 e. The van der Waals surface area contributed by atoms with Gasteiger partial charge in [0, 0.05) is 0 Å². The second-order valence-electron chi connectivity index (χ2n) is 5.11. The molecule has 6 nitrogen and oxygen atoms in total. The van der Waals surface area contributed by atoms with Gasteiger partial charge < -0.3 is 10.1 Å². The molecule has 1 atom stereocenters. The van der Waals surface area contributed by atoms with Crippen molar-refractivity contribution in [2.75, 3.05) is 12.4 Å². The minimum absolute atomic E-state index is 0.128. The van der Waals surface area contributed by atoms with E-state index in [2.05, 4.69) is 20.6 Å². The Labute approximate surface area is 135 Å². The van der Waals surface area contributed by atoms with Crippen LogP contribution >= 0.6 is 0 Å². The number of hydrogen-bond donors (Lipinski definition) is 1. The van der Waals surface area contributed by atoms with Gasteiger partial charge in [-0.05, 0) is 36.8 Å². The minimum Gasteiger partial charge on any atom is -0.494 e. The summed E-state index contributed by atoms with van der Waals surface area (Å²) in [7, 11) is 1.38. The van der Waals surface area contributed by atoms with Crippen LogP contribution in [-0.2, 0) is 0 Å². The van der Waals surface area contributed by atoms with Crippen LogP contribution in [0.2, 0.25) is 0 Å². The van der Waals surface area contributed by atoms with E-state index in [-0.39, 0.29) is 17.4 Å². The average molecular weight is 337 g/mol. The van der Waals surface area contributed by atoms with Crippen LogP contribution in [0.5, 0.6) is 5.75 Å². The van der Waals surface area contributed by atoms with Crippen molar-refractivity contribution in [2.24, 2.45) is 0 Å². The molecule has 2 heterocycles. The molecular formula is C15H14F3N5O. The van der Waals surface area contributed by atoms with Crippen molar-refractivity contribution in [2.45, 2.75) is 19.4 Å². The van der Waals surface area contributed by atoms with E-state index in [0.29, 0.717) is 5.82 Å². The molecule has 2 aromatic heterocycles. The van der Waals surface area contributed by atoms with E-state index in [9.17, 15) is 13.2 Å². The van der Waals surface area contributed by atoms with E-state index in [0.717, 1.165) is 10.1 Å². The first-order valence-electron chi connectivity index (χ1n) is 7.10. The van der Waals surface area contributed by atoms with E-state index in [4.69, 9.17) is 4.74 Å². The molecule has 0 saturated heterocycles. The molecule has 0 aliphatic heterocycles. The molecule has 126 valence electrons. The zero-order chi connectivity index (χ0) is 17.3. The molecule has 0 saturated carbocycles. The predicted molar refractivity (Wildman–Crippen MR) is 80.7 cm³/mol. The highest BCUT2D eigenvalue weighted by Gasteiger charge is 2.17. The summed E-state index contributed by atoms with van der Waals surface area (Å²) in [5, 5.41) is 14.2. The highest BCUT2D eigenvalue weighted by Crippen LogP contribution is 2.25. The Morgan fingerprint density at radius 3 is 2.67 bits per heavy atom. The maximum absolute atomic E-state index is 13.5. The van der Waals surface area contributed by atoms with Crippen LogP contribution in [-0.4, -0.2) is 26.9 Å². The number of nitrogens with zero attached hydrogens (tertiary/aromatic N) is 4. The van der Waals surface area contributed by atoms with Gasteiger partial charge in [-0.15, -0.1) is 15.3 Å². The largest absolute Gasteiger partial charge is 0.494 e. The third-order valence-corrected chi connectivity index (χ3v) is 3.52. The number of halogens is 3. The van der Waals surface area contributed by atoms with E-state index in [1.807, 2.05) is 6.92 Å². The molecule has 0 radical (unpaired) electrons. The fraction of sp³-hybridized carbons (Fsp3) is 0.267. The number of nitrogens with one attached hydrogen (secondary N) is 1. The SMILES string of the molecule is COc1cc([C@@H](C)Nc2ccc3nnc(C(F)F)n3n2)ccc1F. The van der Waals surface area contributed by atoms with Crippen molar-refractivity contribution in [3.05, 3.63) is 47.5 Å². The number of hydrogen-bond acceptors (Lipinski definition) is 5. The average Bonchev–Trinajstić information content (AvgIpc) is 2.98. The van der Waals surface area contributed by atoms with Gasteiger partial charge >= 0.3 is 0 Å². The van der Waals surface area contributed by atoms with Crippen molar-refractivity contribution < 1.29 is 17.9 Å². The van der Waals surface area contributed by atoms with Gasteiger partial charge in [0.1, 0.15) is 5.82 Å². The summed E-state index contributed by atoms with van der Waals surface area (Å²) in [4.78, 5) is 0. The van der Waals surface area contributed by atoms with Crippen molar-refractivity contribution >= 4 is 11.5 Å². The van der Waals surface area contributed by atoms with Crippen molar-refractivity contribution in [3.63, 3.8) is 0 Å². The highest BCUT2D eigenvalue weighted by molar-refractivity contribution is 5.46. The summed E-state index contributed by atoms with van der Waals surface area (Å²) < 4.78 is 45.2. The van der Waals surface area contributed by atoms with Crippen molar-refractivity contribution in [1.82, 2.24) is 19.8 Å². The molecule has 0 aliphatic rings. The first-order valence-corrected chi connectivity index (χ1v) is 7.10. The molecule has 0 bridgehead atoms. The summed E-state index contributed by atoms with van der Waals surface area (Å²) in [5.41, 5.74) is 0.986. The molecule has 9 heteroatoms. The molecule has 1 aromatic carbocycles. The third-order valence-electron chi connectivity index (χ3n) is 3.52. The van der Waals surface area contributed by atoms with Crippen molar-refractivity contribution in [3.8, 4) is 5.75 Å². The Morgan fingerprint density at radius 1 is 1.17 bits per heavy atom. The molecular weight excluding hydrogens is 323 g/mol. The number of fused-ring (bicyclic) bond motifs is 1. The number of rotatable bonds is 5. The lowest BCUT2D eigenvalue weighted by Crippen LogP contribution is -2.10. The van der Waals surface area contributed by atoms with Crippen LogP contribution in [0.4, 0.5) is 19.0 Å². The smallest absolute Gasteiger partial charge is 0.299 e. The van der Waals surface area contributed by atoms with Crippen molar-refractivity contribution in [1.29, 1.82) is 0 Å². The van der Waals surface area contributed by atoms with Gasteiger partial charge in [0.15, 0.2) is 17.2 Å². The van der Waals surface area contributed by atoms with Crippen LogP contribution in [0.1, 0.15) is 30.8 Å². The molecule has 0 aliphatic carbocycles. The lowest BCUT2D eigenvalue weighted by molar-refractivity contribution is 0.137. The van der Waals surface area contributed by atoms with Crippen LogP contribution in [0.15, 0.2) is 30.3 Å². The Balaban J connectivity index is 1.87.